The SMILES string of the molecule is CCC(C)COc1cccc(N(Cc2cn[nH]c2-c2cccs2)S(=O)(=O)CC(F)(F)F)c1. The lowest BCUT2D eigenvalue weighted by Gasteiger charge is -2.25. The molecule has 0 aliphatic carbocycles. The van der Waals surface area contributed by atoms with Gasteiger partial charge in [0.1, 0.15) is 5.75 Å². The van der Waals surface area contributed by atoms with E-state index in [1.54, 1.807) is 12.1 Å². The second-order valence-corrected chi connectivity index (χ2v) is 10.3. The maximum atomic E-state index is 13.1. The van der Waals surface area contributed by atoms with Crippen molar-refractivity contribution in [2.75, 3.05) is 16.7 Å². The smallest absolute Gasteiger partial charge is 0.404 e. The second kappa shape index (κ2) is 9.95. The van der Waals surface area contributed by atoms with Gasteiger partial charge in [-0.25, -0.2) is 8.42 Å². The van der Waals surface area contributed by atoms with Gasteiger partial charge in [-0.15, -0.1) is 11.3 Å². The van der Waals surface area contributed by atoms with Crippen molar-refractivity contribution in [3.63, 3.8) is 0 Å². The summed E-state index contributed by atoms with van der Waals surface area (Å²) in [6.07, 6.45) is -2.55. The zero-order chi connectivity index (χ0) is 23.4. The standard InChI is InChI=1S/C21H24F3N3O3S2/c1-3-15(2)13-30-18-7-4-6-17(10-18)27(32(28,29)14-21(22,23)24)12-16-11-25-26-20(16)19-8-5-9-31-19/h4-11,15H,3,12-14H2,1-2H3,(H,25,26). The maximum absolute atomic E-state index is 13.1. The summed E-state index contributed by atoms with van der Waals surface area (Å²) in [5, 5.41) is 8.62. The van der Waals surface area contributed by atoms with E-state index in [1.807, 2.05) is 31.4 Å². The van der Waals surface area contributed by atoms with Crippen LogP contribution in [0.1, 0.15) is 25.8 Å². The number of aromatic nitrogens is 2. The molecule has 174 valence electrons. The monoisotopic (exact) mass is 487 g/mol. The summed E-state index contributed by atoms with van der Waals surface area (Å²) in [6, 6.07) is 9.75. The molecule has 0 amide bonds. The van der Waals surface area contributed by atoms with Crippen LogP contribution in [0.3, 0.4) is 0 Å². The summed E-state index contributed by atoms with van der Waals surface area (Å²) >= 11 is 1.41. The Labute approximate surface area is 189 Å². The lowest BCUT2D eigenvalue weighted by Crippen LogP contribution is -2.37. The Kier molecular flexibility index (Phi) is 7.50. The van der Waals surface area contributed by atoms with Crippen LogP contribution < -0.4 is 9.04 Å². The van der Waals surface area contributed by atoms with Gasteiger partial charge in [-0.3, -0.25) is 9.40 Å². The third-order valence-corrected chi connectivity index (χ3v) is 7.41. The number of thiophene rings is 1. The summed E-state index contributed by atoms with van der Waals surface area (Å²) in [5.41, 5.74) is 1.12. The summed E-state index contributed by atoms with van der Waals surface area (Å²) in [5.74, 6) is -1.30. The number of nitrogens with zero attached hydrogens (tertiary/aromatic N) is 2. The molecule has 3 rings (SSSR count). The van der Waals surface area contributed by atoms with Crippen LogP contribution in [0.25, 0.3) is 10.6 Å². The molecule has 0 aliphatic heterocycles. The van der Waals surface area contributed by atoms with Crippen molar-refractivity contribution in [1.29, 1.82) is 0 Å². The van der Waals surface area contributed by atoms with E-state index < -0.39 is 22.0 Å². The van der Waals surface area contributed by atoms with Gasteiger partial charge in [0, 0.05) is 11.6 Å². The van der Waals surface area contributed by atoms with Gasteiger partial charge in [0.15, 0.2) is 5.75 Å². The van der Waals surface area contributed by atoms with Gasteiger partial charge < -0.3 is 4.74 Å². The van der Waals surface area contributed by atoms with Crippen molar-refractivity contribution in [2.24, 2.45) is 5.92 Å². The van der Waals surface area contributed by atoms with Crippen LogP contribution in [0, 0.1) is 5.92 Å². The quantitative estimate of drug-likeness (QED) is 0.412. The number of aromatic amines is 1. The molecule has 6 nitrogen and oxygen atoms in total. The first-order valence-electron chi connectivity index (χ1n) is 9.95. The van der Waals surface area contributed by atoms with Gasteiger partial charge in [-0.2, -0.15) is 18.3 Å². The van der Waals surface area contributed by atoms with E-state index in [-0.39, 0.29) is 18.2 Å². The molecular formula is C21H24F3N3O3S2. The Morgan fingerprint density at radius 2 is 2.03 bits per heavy atom. The molecule has 32 heavy (non-hydrogen) atoms. The number of alkyl halides is 3. The van der Waals surface area contributed by atoms with Gasteiger partial charge in [0.05, 0.1) is 35.6 Å². The Hall–Kier alpha value is -2.53. The van der Waals surface area contributed by atoms with E-state index in [1.165, 1.54) is 29.7 Å². The van der Waals surface area contributed by atoms with E-state index >= 15 is 0 Å². The van der Waals surface area contributed by atoms with Gasteiger partial charge in [-0.05, 0) is 29.5 Å². The lowest BCUT2D eigenvalue weighted by molar-refractivity contribution is -0.106. The lowest BCUT2D eigenvalue weighted by atomic mass is 10.1. The highest BCUT2D eigenvalue weighted by Crippen LogP contribution is 2.32. The van der Waals surface area contributed by atoms with Crippen LogP contribution in [-0.2, 0) is 16.6 Å². The number of sulfonamides is 1. The first-order valence-corrected chi connectivity index (χ1v) is 12.4. The zero-order valence-electron chi connectivity index (χ0n) is 17.6. The number of rotatable bonds is 10. The molecule has 2 aromatic heterocycles. The van der Waals surface area contributed by atoms with Gasteiger partial charge in [-0.1, -0.05) is 32.4 Å². The summed E-state index contributed by atoms with van der Waals surface area (Å²) < 4.78 is 71.4. The number of benzene rings is 1. The van der Waals surface area contributed by atoms with Crippen LogP contribution in [0.5, 0.6) is 5.75 Å². The average Bonchev–Trinajstić information content (AvgIpc) is 3.39. The van der Waals surface area contributed by atoms with E-state index in [0.717, 1.165) is 15.6 Å². The normalized spacial score (nSPS) is 13.2. The van der Waals surface area contributed by atoms with Crippen LogP contribution >= 0.6 is 11.3 Å². The predicted octanol–water partition coefficient (Wildman–Crippen LogP) is 5.46. The molecule has 0 radical (unpaired) electrons. The number of nitrogens with one attached hydrogen (secondary N) is 1. The first-order chi connectivity index (χ1) is 15.1. The van der Waals surface area contributed by atoms with Crippen molar-refractivity contribution >= 4 is 27.0 Å². The highest BCUT2D eigenvalue weighted by Gasteiger charge is 2.39. The molecule has 0 saturated carbocycles. The number of hydrogen-bond donors (Lipinski definition) is 1. The van der Waals surface area contributed by atoms with Gasteiger partial charge >= 0.3 is 6.18 Å². The molecule has 11 heteroatoms. The molecule has 0 spiro atoms. The molecule has 1 atom stereocenters. The fourth-order valence-electron chi connectivity index (χ4n) is 2.94. The topological polar surface area (TPSA) is 75.3 Å². The first kappa shape index (κ1) is 24.1. The Morgan fingerprint density at radius 3 is 2.69 bits per heavy atom. The molecule has 0 saturated heterocycles. The van der Waals surface area contributed by atoms with Crippen molar-refractivity contribution in [1.82, 2.24) is 10.2 Å². The number of anilines is 1. The molecule has 1 aromatic carbocycles. The highest BCUT2D eigenvalue weighted by molar-refractivity contribution is 7.92. The highest BCUT2D eigenvalue weighted by atomic mass is 32.2. The Morgan fingerprint density at radius 1 is 1.25 bits per heavy atom. The van der Waals surface area contributed by atoms with Crippen molar-refractivity contribution in [3.05, 3.63) is 53.5 Å². The van der Waals surface area contributed by atoms with E-state index in [0.29, 0.717) is 23.6 Å². The summed E-state index contributed by atoms with van der Waals surface area (Å²) in [4.78, 5) is 0.802. The Bertz CT molecular complexity index is 1110. The zero-order valence-corrected chi connectivity index (χ0v) is 19.2. The molecule has 1 unspecified atom stereocenters. The van der Waals surface area contributed by atoms with Crippen molar-refractivity contribution < 1.29 is 26.3 Å². The third-order valence-electron chi connectivity index (χ3n) is 4.82. The fourth-order valence-corrected chi connectivity index (χ4v) is 5.04. The van der Waals surface area contributed by atoms with E-state index in [9.17, 15) is 21.6 Å². The van der Waals surface area contributed by atoms with E-state index in [4.69, 9.17) is 4.74 Å². The Balaban J connectivity index is 1.97. The minimum atomic E-state index is -4.88. The predicted molar refractivity (Wildman–Crippen MR) is 119 cm³/mol. The third kappa shape index (κ3) is 6.26. The molecule has 2 heterocycles. The van der Waals surface area contributed by atoms with E-state index in [2.05, 4.69) is 10.2 Å². The number of H-pyrrole nitrogens is 1. The van der Waals surface area contributed by atoms with Crippen LogP contribution in [0.4, 0.5) is 18.9 Å². The largest absolute Gasteiger partial charge is 0.493 e. The molecule has 3 aromatic rings. The van der Waals surface area contributed by atoms with Gasteiger partial charge in [0.25, 0.3) is 0 Å². The minimum absolute atomic E-state index is 0.0919. The average molecular weight is 488 g/mol. The number of halogens is 3. The maximum Gasteiger partial charge on any atom is 0.404 e. The summed E-state index contributed by atoms with van der Waals surface area (Å²) in [6.45, 7) is 4.14. The molecule has 0 fully saturated rings. The minimum Gasteiger partial charge on any atom is -0.493 e. The number of ether oxygens (including phenoxy) is 1. The summed E-state index contributed by atoms with van der Waals surface area (Å²) in [7, 11) is -4.73. The van der Waals surface area contributed by atoms with Crippen LogP contribution in [-0.4, -0.2) is 37.2 Å². The molecular weight excluding hydrogens is 463 g/mol. The molecule has 0 aliphatic rings. The van der Waals surface area contributed by atoms with Crippen molar-refractivity contribution in [2.45, 2.75) is 33.0 Å². The molecule has 1 N–H and O–H groups in total. The second-order valence-electron chi connectivity index (χ2n) is 7.45. The van der Waals surface area contributed by atoms with Crippen molar-refractivity contribution in [3.8, 4) is 16.3 Å². The van der Waals surface area contributed by atoms with Crippen LogP contribution in [0.2, 0.25) is 0 Å². The number of hydrogen-bond acceptors (Lipinski definition) is 5. The van der Waals surface area contributed by atoms with Gasteiger partial charge in [0.2, 0.25) is 10.0 Å². The molecule has 0 bridgehead atoms. The van der Waals surface area contributed by atoms with Crippen LogP contribution in [0.15, 0.2) is 48.0 Å². The fraction of sp³-hybridized carbons (Fsp3) is 0.381.